The number of carbonyl (C=O) groups is 2. The van der Waals surface area contributed by atoms with E-state index in [2.05, 4.69) is 10.6 Å². The first-order valence-corrected chi connectivity index (χ1v) is 8.08. The van der Waals surface area contributed by atoms with Gasteiger partial charge in [-0.3, -0.25) is 9.59 Å². The molecular weight excluding hydrogens is 337 g/mol. The molecule has 0 radical (unpaired) electrons. The van der Waals surface area contributed by atoms with Crippen molar-refractivity contribution in [3.63, 3.8) is 0 Å². The SMILES string of the molecule is COCCNC(=O)c1cc(NC(=O)c2ccc(F)cc2)ccc1N(C)C. The number of benzene rings is 2. The third-order valence-electron chi connectivity index (χ3n) is 3.68. The van der Waals surface area contributed by atoms with Crippen LogP contribution in [-0.2, 0) is 4.74 Å². The van der Waals surface area contributed by atoms with Gasteiger partial charge in [0, 0.05) is 44.7 Å². The van der Waals surface area contributed by atoms with Crippen molar-refractivity contribution in [2.24, 2.45) is 0 Å². The van der Waals surface area contributed by atoms with Crippen LogP contribution in [-0.4, -0.2) is 46.2 Å². The van der Waals surface area contributed by atoms with E-state index in [4.69, 9.17) is 4.74 Å². The summed E-state index contributed by atoms with van der Waals surface area (Å²) in [5, 5.41) is 5.49. The standard InChI is InChI=1S/C19H22FN3O3/c1-23(2)17-9-8-15(12-16(17)19(25)21-10-11-26-3)22-18(24)13-4-6-14(20)7-5-13/h4-9,12H,10-11H2,1-3H3,(H,21,25)(H,22,24). The second kappa shape index (κ2) is 8.96. The van der Waals surface area contributed by atoms with Gasteiger partial charge in [-0.2, -0.15) is 0 Å². The topological polar surface area (TPSA) is 70.7 Å². The minimum atomic E-state index is -0.410. The Labute approximate surface area is 152 Å². The molecule has 0 bridgehead atoms. The van der Waals surface area contributed by atoms with Gasteiger partial charge in [0.15, 0.2) is 0 Å². The Morgan fingerprint density at radius 1 is 1.08 bits per heavy atom. The average Bonchev–Trinajstić information content (AvgIpc) is 2.62. The Morgan fingerprint density at radius 2 is 1.77 bits per heavy atom. The van der Waals surface area contributed by atoms with E-state index in [1.54, 1.807) is 25.3 Å². The predicted octanol–water partition coefficient (Wildman–Crippen LogP) is 2.52. The summed E-state index contributed by atoms with van der Waals surface area (Å²) < 4.78 is 17.9. The molecule has 0 fully saturated rings. The van der Waals surface area contributed by atoms with Crippen LogP contribution in [0.5, 0.6) is 0 Å². The van der Waals surface area contributed by atoms with Crippen molar-refractivity contribution in [1.82, 2.24) is 5.32 Å². The zero-order chi connectivity index (χ0) is 19.1. The maximum atomic E-state index is 13.0. The molecule has 7 heteroatoms. The molecule has 2 rings (SSSR count). The smallest absolute Gasteiger partial charge is 0.255 e. The molecule has 138 valence electrons. The number of hydrogen-bond donors (Lipinski definition) is 2. The van der Waals surface area contributed by atoms with Gasteiger partial charge in [-0.05, 0) is 42.5 Å². The molecule has 0 heterocycles. The van der Waals surface area contributed by atoms with E-state index in [0.717, 1.165) is 5.69 Å². The number of ether oxygens (including phenoxy) is 1. The molecule has 0 aromatic heterocycles. The number of rotatable bonds is 7. The van der Waals surface area contributed by atoms with E-state index in [1.807, 2.05) is 19.0 Å². The third kappa shape index (κ3) is 5.03. The molecule has 0 aliphatic carbocycles. The van der Waals surface area contributed by atoms with E-state index in [1.165, 1.54) is 24.3 Å². The number of anilines is 2. The molecular formula is C19H22FN3O3. The highest BCUT2D eigenvalue weighted by Gasteiger charge is 2.15. The van der Waals surface area contributed by atoms with Crippen molar-refractivity contribution in [3.8, 4) is 0 Å². The number of halogens is 1. The van der Waals surface area contributed by atoms with Gasteiger partial charge >= 0.3 is 0 Å². The molecule has 26 heavy (non-hydrogen) atoms. The van der Waals surface area contributed by atoms with E-state index >= 15 is 0 Å². The van der Waals surface area contributed by atoms with Crippen molar-refractivity contribution in [2.45, 2.75) is 0 Å². The Morgan fingerprint density at radius 3 is 2.38 bits per heavy atom. The minimum absolute atomic E-state index is 0.261. The molecule has 0 aliphatic rings. The average molecular weight is 359 g/mol. The third-order valence-corrected chi connectivity index (χ3v) is 3.68. The van der Waals surface area contributed by atoms with Crippen LogP contribution in [0.15, 0.2) is 42.5 Å². The van der Waals surface area contributed by atoms with Crippen molar-refractivity contribution in [3.05, 3.63) is 59.4 Å². The molecule has 6 nitrogen and oxygen atoms in total. The minimum Gasteiger partial charge on any atom is -0.383 e. The first-order chi connectivity index (χ1) is 12.4. The predicted molar refractivity (Wildman–Crippen MR) is 99.3 cm³/mol. The summed E-state index contributed by atoms with van der Waals surface area (Å²) in [6.45, 7) is 0.790. The number of amides is 2. The van der Waals surface area contributed by atoms with Crippen LogP contribution in [0.2, 0.25) is 0 Å². The van der Waals surface area contributed by atoms with Crippen molar-refractivity contribution < 1.29 is 18.7 Å². The molecule has 2 aromatic carbocycles. The van der Waals surface area contributed by atoms with Crippen LogP contribution < -0.4 is 15.5 Å². The van der Waals surface area contributed by atoms with Crippen LogP contribution in [0.4, 0.5) is 15.8 Å². The Hall–Kier alpha value is -2.93. The molecule has 2 N–H and O–H groups in total. The van der Waals surface area contributed by atoms with Gasteiger partial charge in [-0.1, -0.05) is 0 Å². The zero-order valence-corrected chi connectivity index (χ0v) is 15.0. The fourth-order valence-corrected chi connectivity index (χ4v) is 2.35. The summed E-state index contributed by atoms with van der Waals surface area (Å²) in [6.07, 6.45) is 0. The lowest BCUT2D eigenvalue weighted by atomic mass is 10.1. The molecule has 0 saturated carbocycles. The number of carbonyl (C=O) groups excluding carboxylic acids is 2. The van der Waals surface area contributed by atoms with Gasteiger partial charge in [0.2, 0.25) is 0 Å². The van der Waals surface area contributed by atoms with E-state index in [-0.39, 0.29) is 11.8 Å². The monoisotopic (exact) mass is 359 g/mol. The molecule has 2 amide bonds. The van der Waals surface area contributed by atoms with Gasteiger partial charge in [0.05, 0.1) is 12.2 Å². The zero-order valence-electron chi connectivity index (χ0n) is 15.0. The summed E-state index contributed by atoms with van der Waals surface area (Å²) in [5.41, 5.74) is 1.96. The fraction of sp³-hybridized carbons (Fsp3) is 0.263. The van der Waals surface area contributed by atoms with Gasteiger partial charge in [0.1, 0.15) is 5.82 Å². The number of nitrogens with zero attached hydrogens (tertiary/aromatic N) is 1. The highest BCUT2D eigenvalue weighted by molar-refractivity contribution is 6.06. The van der Waals surface area contributed by atoms with Crippen LogP contribution in [0, 0.1) is 5.82 Å². The van der Waals surface area contributed by atoms with Crippen molar-refractivity contribution in [1.29, 1.82) is 0 Å². The van der Waals surface area contributed by atoms with E-state index in [9.17, 15) is 14.0 Å². The van der Waals surface area contributed by atoms with Crippen LogP contribution in [0.1, 0.15) is 20.7 Å². The molecule has 0 saturated heterocycles. The lowest BCUT2D eigenvalue weighted by Gasteiger charge is -2.18. The summed E-state index contributed by atoms with van der Waals surface area (Å²) in [7, 11) is 5.22. The fourth-order valence-electron chi connectivity index (χ4n) is 2.35. The Kier molecular flexibility index (Phi) is 6.68. The molecule has 0 aliphatic heterocycles. The highest BCUT2D eigenvalue weighted by Crippen LogP contribution is 2.23. The summed E-state index contributed by atoms with van der Waals surface area (Å²) in [5.74, 6) is -1.05. The lowest BCUT2D eigenvalue weighted by molar-refractivity contribution is 0.0936. The van der Waals surface area contributed by atoms with Gasteiger partial charge in [-0.15, -0.1) is 0 Å². The summed E-state index contributed by atoms with van der Waals surface area (Å²) in [6, 6.07) is 10.3. The van der Waals surface area contributed by atoms with E-state index in [0.29, 0.717) is 30.0 Å². The second-order valence-electron chi connectivity index (χ2n) is 5.84. The van der Waals surface area contributed by atoms with Crippen LogP contribution >= 0.6 is 0 Å². The molecule has 0 spiro atoms. The highest BCUT2D eigenvalue weighted by atomic mass is 19.1. The Bertz CT molecular complexity index is 776. The lowest BCUT2D eigenvalue weighted by Crippen LogP contribution is -2.28. The van der Waals surface area contributed by atoms with Gasteiger partial charge in [-0.25, -0.2) is 4.39 Å². The largest absolute Gasteiger partial charge is 0.383 e. The number of methoxy groups -OCH3 is 1. The molecule has 2 aromatic rings. The Balaban J connectivity index is 2.21. The normalized spacial score (nSPS) is 10.3. The number of hydrogen-bond acceptors (Lipinski definition) is 4. The van der Waals surface area contributed by atoms with Gasteiger partial charge < -0.3 is 20.3 Å². The maximum absolute atomic E-state index is 13.0. The summed E-state index contributed by atoms with van der Waals surface area (Å²) >= 11 is 0. The maximum Gasteiger partial charge on any atom is 0.255 e. The first kappa shape index (κ1) is 19.4. The van der Waals surface area contributed by atoms with Crippen LogP contribution in [0.25, 0.3) is 0 Å². The molecule has 0 unspecified atom stereocenters. The van der Waals surface area contributed by atoms with Crippen molar-refractivity contribution >= 4 is 23.2 Å². The quantitative estimate of drug-likeness (QED) is 0.746. The summed E-state index contributed by atoms with van der Waals surface area (Å²) in [4.78, 5) is 26.5. The van der Waals surface area contributed by atoms with E-state index < -0.39 is 5.82 Å². The first-order valence-electron chi connectivity index (χ1n) is 8.08. The van der Waals surface area contributed by atoms with Crippen molar-refractivity contribution in [2.75, 3.05) is 44.6 Å². The van der Waals surface area contributed by atoms with Gasteiger partial charge in [0.25, 0.3) is 11.8 Å². The second-order valence-corrected chi connectivity index (χ2v) is 5.84. The van der Waals surface area contributed by atoms with Crippen LogP contribution in [0.3, 0.4) is 0 Å². The molecule has 0 atom stereocenters. The number of nitrogens with one attached hydrogen (secondary N) is 2.